The molecule has 0 radical (unpaired) electrons. The van der Waals surface area contributed by atoms with Crippen LogP contribution >= 0.6 is 0 Å². The molecule has 0 aromatic carbocycles. The van der Waals surface area contributed by atoms with Gasteiger partial charge in [0.05, 0.1) is 6.61 Å². The molecule has 1 aromatic rings. The Bertz CT molecular complexity index is 267. The highest BCUT2D eigenvalue weighted by atomic mass is 16.3. The Hall–Kier alpha value is -1.29. The van der Waals surface area contributed by atoms with Gasteiger partial charge in [-0.2, -0.15) is 0 Å². The van der Waals surface area contributed by atoms with Crippen molar-refractivity contribution in [1.82, 2.24) is 5.32 Å². The summed E-state index contributed by atoms with van der Waals surface area (Å²) in [6.07, 6.45) is 0. The summed E-state index contributed by atoms with van der Waals surface area (Å²) >= 11 is 0. The number of carbonyl (C=O) groups excluding carboxylic acids is 1. The monoisotopic (exact) mass is 169 g/mol. The van der Waals surface area contributed by atoms with Gasteiger partial charge in [0.2, 0.25) is 0 Å². The Morgan fingerprint density at radius 1 is 1.67 bits per heavy atom. The lowest BCUT2D eigenvalue weighted by molar-refractivity contribution is 0.0916. The summed E-state index contributed by atoms with van der Waals surface area (Å²) in [6, 6.07) is 3.32. The lowest BCUT2D eigenvalue weighted by Crippen LogP contribution is -2.25. The van der Waals surface area contributed by atoms with Gasteiger partial charge in [0.1, 0.15) is 5.76 Å². The number of furan rings is 1. The average molecular weight is 169 g/mol. The molecule has 4 nitrogen and oxygen atoms in total. The first-order valence-corrected chi connectivity index (χ1v) is 3.69. The fourth-order valence-corrected chi connectivity index (χ4v) is 0.813. The predicted molar refractivity (Wildman–Crippen MR) is 42.9 cm³/mol. The van der Waals surface area contributed by atoms with Crippen molar-refractivity contribution >= 4 is 5.91 Å². The Labute approximate surface area is 70.2 Å². The maximum atomic E-state index is 11.1. The van der Waals surface area contributed by atoms with E-state index in [9.17, 15) is 4.79 Å². The number of aliphatic hydroxyl groups excluding tert-OH is 1. The Balaban J connectivity index is 2.53. The van der Waals surface area contributed by atoms with Gasteiger partial charge in [0.25, 0.3) is 5.91 Å². The van der Waals surface area contributed by atoms with E-state index in [1.165, 1.54) is 0 Å². The van der Waals surface area contributed by atoms with Crippen molar-refractivity contribution in [1.29, 1.82) is 0 Å². The molecule has 1 heterocycles. The van der Waals surface area contributed by atoms with E-state index in [1.54, 1.807) is 19.1 Å². The summed E-state index contributed by atoms with van der Waals surface area (Å²) in [5.41, 5.74) is 0. The number of aliphatic hydroxyl groups is 1. The smallest absolute Gasteiger partial charge is 0.287 e. The zero-order valence-corrected chi connectivity index (χ0v) is 6.83. The van der Waals surface area contributed by atoms with Crippen LogP contribution in [0.3, 0.4) is 0 Å². The van der Waals surface area contributed by atoms with Gasteiger partial charge in [-0.15, -0.1) is 0 Å². The fourth-order valence-electron chi connectivity index (χ4n) is 0.813. The summed E-state index contributed by atoms with van der Waals surface area (Å²) in [4.78, 5) is 11.1. The minimum Gasteiger partial charge on any atom is -0.456 e. The number of hydrogen-bond donors (Lipinski definition) is 2. The highest BCUT2D eigenvalue weighted by Gasteiger charge is 2.07. The van der Waals surface area contributed by atoms with Crippen LogP contribution in [0.4, 0.5) is 0 Å². The molecule has 0 spiro atoms. The third kappa shape index (κ3) is 2.10. The van der Waals surface area contributed by atoms with Gasteiger partial charge in [-0.1, -0.05) is 0 Å². The van der Waals surface area contributed by atoms with Crippen molar-refractivity contribution in [3.63, 3.8) is 0 Å². The van der Waals surface area contributed by atoms with Crippen LogP contribution in [0.5, 0.6) is 0 Å². The molecule has 0 saturated heterocycles. The zero-order valence-electron chi connectivity index (χ0n) is 6.83. The van der Waals surface area contributed by atoms with Gasteiger partial charge < -0.3 is 14.8 Å². The van der Waals surface area contributed by atoms with E-state index in [1.807, 2.05) is 0 Å². The molecule has 0 unspecified atom stereocenters. The normalized spacial score (nSPS) is 9.83. The van der Waals surface area contributed by atoms with Crippen LogP contribution in [0.2, 0.25) is 0 Å². The summed E-state index contributed by atoms with van der Waals surface area (Å²) in [5, 5.41) is 10.9. The van der Waals surface area contributed by atoms with E-state index in [-0.39, 0.29) is 24.8 Å². The van der Waals surface area contributed by atoms with E-state index in [0.29, 0.717) is 5.76 Å². The quantitative estimate of drug-likeness (QED) is 0.684. The highest BCUT2D eigenvalue weighted by molar-refractivity contribution is 5.91. The van der Waals surface area contributed by atoms with Crippen LogP contribution in [0, 0.1) is 6.92 Å². The molecule has 66 valence electrons. The van der Waals surface area contributed by atoms with Crippen LogP contribution in [-0.4, -0.2) is 24.2 Å². The molecule has 1 rings (SSSR count). The van der Waals surface area contributed by atoms with Crippen LogP contribution in [-0.2, 0) is 0 Å². The van der Waals surface area contributed by atoms with Crippen LogP contribution in [0.1, 0.15) is 16.3 Å². The molecule has 0 aliphatic rings. The number of nitrogens with one attached hydrogen (secondary N) is 1. The second kappa shape index (κ2) is 3.92. The average Bonchev–Trinajstić information content (AvgIpc) is 2.47. The fraction of sp³-hybridized carbons (Fsp3) is 0.375. The molecule has 0 atom stereocenters. The second-order valence-electron chi connectivity index (χ2n) is 2.39. The highest BCUT2D eigenvalue weighted by Crippen LogP contribution is 2.05. The number of carbonyl (C=O) groups is 1. The summed E-state index contributed by atoms with van der Waals surface area (Å²) in [5.74, 6) is 0.683. The molecule has 0 fully saturated rings. The van der Waals surface area contributed by atoms with E-state index in [2.05, 4.69) is 5.32 Å². The minimum absolute atomic E-state index is 0.0641. The van der Waals surface area contributed by atoms with E-state index in [4.69, 9.17) is 9.52 Å². The van der Waals surface area contributed by atoms with Crippen molar-refractivity contribution in [2.45, 2.75) is 6.92 Å². The van der Waals surface area contributed by atoms with Gasteiger partial charge in [0.15, 0.2) is 5.76 Å². The predicted octanol–water partition coefficient (Wildman–Crippen LogP) is 0.310. The maximum Gasteiger partial charge on any atom is 0.287 e. The molecule has 4 heteroatoms. The zero-order chi connectivity index (χ0) is 8.97. The lowest BCUT2D eigenvalue weighted by Gasteiger charge is -1.98. The largest absolute Gasteiger partial charge is 0.456 e. The molecular weight excluding hydrogens is 158 g/mol. The number of hydrogen-bond acceptors (Lipinski definition) is 3. The number of aryl methyl sites for hydroxylation is 1. The first-order valence-electron chi connectivity index (χ1n) is 3.69. The molecule has 12 heavy (non-hydrogen) atoms. The first-order chi connectivity index (χ1) is 5.74. The number of rotatable bonds is 3. The van der Waals surface area contributed by atoms with Crippen molar-refractivity contribution in [3.8, 4) is 0 Å². The summed E-state index contributed by atoms with van der Waals surface area (Å²) in [7, 11) is 0. The molecule has 1 amide bonds. The molecule has 1 aromatic heterocycles. The summed E-state index contributed by atoms with van der Waals surface area (Å²) < 4.78 is 5.05. The SMILES string of the molecule is Cc1ccc(C(=O)NCCO)o1. The molecule has 0 aliphatic heterocycles. The van der Waals surface area contributed by atoms with Gasteiger partial charge in [-0.3, -0.25) is 4.79 Å². The van der Waals surface area contributed by atoms with Crippen molar-refractivity contribution < 1.29 is 14.3 Å². The molecule has 2 N–H and O–H groups in total. The van der Waals surface area contributed by atoms with Crippen molar-refractivity contribution in [3.05, 3.63) is 23.7 Å². The van der Waals surface area contributed by atoms with E-state index < -0.39 is 0 Å². The lowest BCUT2D eigenvalue weighted by atomic mass is 10.4. The minimum atomic E-state index is -0.294. The Kier molecular flexibility index (Phi) is 2.88. The Morgan fingerprint density at radius 3 is 2.92 bits per heavy atom. The number of amides is 1. The third-order valence-corrected chi connectivity index (χ3v) is 1.36. The first kappa shape index (κ1) is 8.80. The van der Waals surface area contributed by atoms with Crippen LogP contribution < -0.4 is 5.32 Å². The topological polar surface area (TPSA) is 62.5 Å². The van der Waals surface area contributed by atoms with Gasteiger partial charge in [-0.05, 0) is 19.1 Å². The van der Waals surface area contributed by atoms with Gasteiger partial charge in [-0.25, -0.2) is 0 Å². The van der Waals surface area contributed by atoms with Crippen LogP contribution in [0.25, 0.3) is 0 Å². The molecule has 0 saturated carbocycles. The van der Waals surface area contributed by atoms with Crippen molar-refractivity contribution in [2.24, 2.45) is 0 Å². The molecule has 0 aliphatic carbocycles. The molecular formula is C8H11NO3. The van der Waals surface area contributed by atoms with E-state index in [0.717, 1.165) is 0 Å². The van der Waals surface area contributed by atoms with Gasteiger partial charge in [0, 0.05) is 6.54 Å². The maximum absolute atomic E-state index is 11.1. The molecule has 0 bridgehead atoms. The summed E-state index contributed by atoms with van der Waals surface area (Å²) in [6.45, 7) is 1.95. The van der Waals surface area contributed by atoms with E-state index >= 15 is 0 Å². The van der Waals surface area contributed by atoms with Crippen LogP contribution in [0.15, 0.2) is 16.5 Å². The Morgan fingerprint density at radius 2 is 2.42 bits per heavy atom. The standard InChI is InChI=1S/C8H11NO3/c1-6-2-3-7(12-6)8(11)9-4-5-10/h2-3,10H,4-5H2,1H3,(H,9,11). The third-order valence-electron chi connectivity index (χ3n) is 1.36. The van der Waals surface area contributed by atoms with Crippen molar-refractivity contribution in [2.75, 3.05) is 13.2 Å². The van der Waals surface area contributed by atoms with Gasteiger partial charge >= 0.3 is 0 Å². The second-order valence-corrected chi connectivity index (χ2v) is 2.39.